The Bertz CT molecular complexity index is 1170. The Hall–Kier alpha value is -3.78. The van der Waals surface area contributed by atoms with E-state index in [1.807, 2.05) is 44.2 Å². The first kappa shape index (κ1) is 24.3. The van der Waals surface area contributed by atoms with Crippen molar-refractivity contribution in [3.63, 3.8) is 0 Å². The number of aliphatic hydroxyl groups excluding tert-OH is 1. The molecule has 182 valence electrons. The zero-order chi connectivity index (χ0) is 24.9. The van der Waals surface area contributed by atoms with Crippen molar-refractivity contribution in [2.75, 3.05) is 26.7 Å². The Kier molecular flexibility index (Phi) is 7.41. The van der Waals surface area contributed by atoms with Crippen molar-refractivity contribution in [2.45, 2.75) is 26.0 Å². The molecule has 1 aliphatic heterocycles. The molecular formula is C27H30N4O4. The second-order valence-electron chi connectivity index (χ2n) is 8.97. The van der Waals surface area contributed by atoms with E-state index < -0.39 is 6.10 Å². The van der Waals surface area contributed by atoms with Crippen LogP contribution in [0.15, 0.2) is 67.0 Å². The molecular weight excluding hydrogens is 444 g/mol. The average molecular weight is 475 g/mol. The largest absolute Gasteiger partial charge is 0.472 e. The molecule has 0 radical (unpaired) electrons. The van der Waals surface area contributed by atoms with Crippen LogP contribution in [-0.4, -0.2) is 75.6 Å². The van der Waals surface area contributed by atoms with E-state index in [1.165, 1.54) is 0 Å². The lowest BCUT2D eigenvalue weighted by molar-refractivity contribution is 0.0312. The topological polar surface area (TPSA) is 95.9 Å². The summed E-state index contributed by atoms with van der Waals surface area (Å²) in [5.41, 5.74) is 2.42. The van der Waals surface area contributed by atoms with Crippen molar-refractivity contribution in [2.24, 2.45) is 5.92 Å². The number of amides is 2. The first-order chi connectivity index (χ1) is 16.9. The van der Waals surface area contributed by atoms with Gasteiger partial charge in [0.25, 0.3) is 11.8 Å². The molecule has 0 bridgehead atoms. The lowest BCUT2D eigenvalue weighted by Gasteiger charge is -2.37. The molecule has 3 heterocycles. The van der Waals surface area contributed by atoms with Gasteiger partial charge < -0.3 is 19.6 Å². The maximum absolute atomic E-state index is 13.6. The third-order valence-corrected chi connectivity index (χ3v) is 6.31. The Morgan fingerprint density at radius 1 is 1.17 bits per heavy atom. The first-order valence-corrected chi connectivity index (χ1v) is 11.7. The highest BCUT2D eigenvalue weighted by Crippen LogP contribution is 2.30. The van der Waals surface area contributed by atoms with Gasteiger partial charge in [-0.25, -0.2) is 4.98 Å². The minimum atomic E-state index is -0.428. The van der Waals surface area contributed by atoms with Crippen LogP contribution in [0.1, 0.15) is 34.7 Å². The fraction of sp³-hybridized carbons (Fsp3) is 0.333. The number of carbonyl (C=O) groups is 2. The molecule has 0 spiro atoms. The van der Waals surface area contributed by atoms with Gasteiger partial charge in [-0.15, -0.1) is 0 Å². The van der Waals surface area contributed by atoms with E-state index in [9.17, 15) is 14.7 Å². The number of ether oxygens (including phenoxy) is 1. The summed E-state index contributed by atoms with van der Waals surface area (Å²) < 4.78 is 6.29. The fourth-order valence-corrected chi connectivity index (χ4v) is 4.15. The Balaban J connectivity index is 1.68. The molecule has 8 nitrogen and oxygen atoms in total. The number of hydrogen-bond acceptors (Lipinski definition) is 6. The van der Waals surface area contributed by atoms with E-state index in [-0.39, 0.29) is 42.8 Å². The maximum Gasteiger partial charge on any atom is 0.272 e. The van der Waals surface area contributed by atoms with Crippen LogP contribution in [0.5, 0.6) is 5.88 Å². The molecule has 35 heavy (non-hydrogen) atoms. The number of rotatable bonds is 6. The highest BCUT2D eigenvalue weighted by Gasteiger charge is 2.35. The highest BCUT2D eigenvalue weighted by molar-refractivity contribution is 5.98. The summed E-state index contributed by atoms with van der Waals surface area (Å²) >= 11 is 0. The highest BCUT2D eigenvalue weighted by atomic mass is 16.5. The third kappa shape index (κ3) is 5.33. The average Bonchev–Trinajstić information content (AvgIpc) is 2.90. The molecule has 4 rings (SSSR count). The summed E-state index contributed by atoms with van der Waals surface area (Å²) in [6, 6.07) is 16.3. The van der Waals surface area contributed by atoms with Gasteiger partial charge in [-0.1, -0.05) is 43.3 Å². The number of pyridine rings is 2. The lowest BCUT2D eigenvalue weighted by atomic mass is 9.99. The molecule has 0 unspecified atom stereocenters. The Morgan fingerprint density at radius 3 is 2.60 bits per heavy atom. The van der Waals surface area contributed by atoms with Crippen LogP contribution < -0.4 is 4.74 Å². The van der Waals surface area contributed by atoms with Gasteiger partial charge in [0, 0.05) is 37.5 Å². The number of nitrogens with zero attached hydrogens (tertiary/aromatic N) is 4. The Morgan fingerprint density at radius 2 is 1.91 bits per heavy atom. The van der Waals surface area contributed by atoms with E-state index in [1.54, 1.807) is 53.5 Å². The van der Waals surface area contributed by atoms with Crippen LogP contribution in [0.4, 0.5) is 0 Å². The van der Waals surface area contributed by atoms with Crippen LogP contribution in [0.2, 0.25) is 0 Å². The monoisotopic (exact) mass is 474 g/mol. The van der Waals surface area contributed by atoms with Crippen LogP contribution in [0, 0.1) is 5.92 Å². The minimum Gasteiger partial charge on any atom is -0.472 e. The molecule has 3 aromatic rings. The fourth-order valence-electron chi connectivity index (χ4n) is 4.15. The van der Waals surface area contributed by atoms with Crippen LogP contribution in [0.25, 0.3) is 11.1 Å². The number of likely N-dealkylation sites (N-methyl/N-ethyl adjacent to an activating group) is 1. The molecule has 8 heteroatoms. The molecule has 2 aromatic heterocycles. The van der Waals surface area contributed by atoms with Crippen molar-refractivity contribution in [3.05, 3.63) is 78.2 Å². The van der Waals surface area contributed by atoms with Crippen molar-refractivity contribution < 1.29 is 19.4 Å². The van der Waals surface area contributed by atoms with Gasteiger partial charge in [-0.2, -0.15) is 0 Å². The van der Waals surface area contributed by atoms with E-state index in [0.29, 0.717) is 17.8 Å². The summed E-state index contributed by atoms with van der Waals surface area (Å²) in [6.07, 6.45) is 2.84. The zero-order valence-electron chi connectivity index (χ0n) is 20.2. The minimum absolute atomic E-state index is 0.129. The number of aliphatic hydroxyl groups is 1. The molecule has 2 amide bonds. The van der Waals surface area contributed by atoms with Crippen molar-refractivity contribution >= 4 is 11.8 Å². The zero-order valence-corrected chi connectivity index (χ0v) is 20.2. The summed E-state index contributed by atoms with van der Waals surface area (Å²) in [5.74, 6) is -0.362. The number of carbonyl (C=O) groups excluding carboxylic acids is 2. The Labute approximate surface area is 205 Å². The number of benzene rings is 1. The van der Waals surface area contributed by atoms with Gasteiger partial charge in [0.2, 0.25) is 5.88 Å². The quantitative estimate of drug-likeness (QED) is 0.590. The molecule has 0 saturated heterocycles. The second-order valence-corrected chi connectivity index (χ2v) is 8.97. The molecule has 1 N–H and O–H groups in total. The van der Waals surface area contributed by atoms with E-state index >= 15 is 0 Å². The van der Waals surface area contributed by atoms with Crippen molar-refractivity contribution in [3.8, 4) is 17.0 Å². The molecule has 0 aliphatic carbocycles. The number of hydrogen-bond donors (Lipinski definition) is 1. The van der Waals surface area contributed by atoms with Gasteiger partial charge in [-0.3, -0.25) is 14.6 Å². The maximum atomic E-state index is 13.6. The second kappa shape index (κ2) is 10.7. The predicted molar refractivity (Wildman–Crippen MR) is 132 cm³/mol. The van der Waals surface area contributed by atoms with Crippen molar-refractivity contribution in [1.29, 1.82) is 0 Å². The molecule has 0 saturated carbocycles. The van der Waals surface area contributed by atoms with Gasteiger partial charge >= 0.3 is 0 Å². The van der Waals surface area contributed by atoms with Gasteiger partial charge in [0.05, 0.1) is 19.2 Å². The first-order valence-electron chi connectivity index (χ1n) is 11.7. The van der Waals surface area contributed by atoms with Gasteiger partial charge in [0.15, 0.2) is 0 Å². The normalized spacial score (nSPS) is 18.6. The van der Waals surface area contributed by atoms with Crippen LogP contribution >= 0.6 is 0 Å². The van der Waals surface area contributed by atoms with E-state index in [0.717, 1.165) is 11.1 Å². The summed E-state index contributed by atoms with van der Waals surface area (Å²) in [5, 5.41) is 9.84. The predicted octanol–water partition coefficient (Wildman–Crippen LogP) is 3.14. The molecule has 1 aliphatic rings. The standard InChI is InChI=1S/C27H30N4O4/c1-18-15-31(19(2)17-32)26(33)22-13-21(20-9-5-4-6-10-20)14-29-25(22)35-24(18)16-30(3)27(34)23-11-7-8-12-28-23/h4-14,18-19,24,32H,15-17H2,1-3H3/t18-,19+,24+/m0/s1. The van der Waals surface area contributed by atoms with Crippen LogP contribution in [-0.2, 0) is 0 Å². The van der Waals surface area contributed by atoms with E-state index in [2.05, 4.69) is 9.97 Å². The molecule has 3 atom stereocenters. The summed E-state index contributed by atoms with van der Waals surface area (Å²) in [6.45, 7) is 4.27. The molecule has 1 aromatic carbocycles. The SMILES string of the molecule is C[C@H](CO)N1C[C@H](C)[C@@H](CN(C)C(=O)c2ccccn2)Oc2ncc(-c3ccccc3)cc2C1=O. The summed E-state index contributed by atoms with van der Waals surface area (Å²) in [7, 11) is 1.71. The molecule has 0 fully saturated rings. The lowest BCUT2D eigenvalue weighted by Crippen LogP contribution is -2.50. The van der Waals surface area contributed by atoms with E-state index in [4.69, 9.17) is 4.74 Å². The smallest absolute Gasteiger partial charge is 0.272 e. The summed E-state index contributed by atoms with van der Waals surface area (Å²) in [4.78, 5) is 38.4. The van der Waals surface area contributed by atoms with Crippen LogP contribution in [0.3, 0.4) is 0 Å². The van der Waals surface area contributed by atoms with Gasteiger partial charge in [-0.05, 0) is 30.7 Å². The van der Waals surface area contributed by atoms with Gasteiger partial charge in [0.1, 0.15) is 17.4 Å². The third-order valence-electron chi connectivity index (χ3n) is 6.31. The van der Waals surface area contributed by atoms with Crippen molar-refractivity contribution in [1.82, 2.24) is 19.8 Å². The number of fused-ring (bicyclic) bond motifs is 1. The number of aromatic nitrogens is 2.